The second-order valence-electron chi connectivity index (χ2n) is 5.43. The number of hydrogen-bond acceptors (Lipinski definition) is 3. The van der Waals surface area contributed by atoms with Gasteiger partial charge in [-0.2, -0.15) is 0 Å². The van der Waals surface area contributed by atoms with Gasteiger partial charge in [0, 0.05) is 15.8 Å². The monoisotopic (exact) mass is 275 g/mol. The van der Waals surface area contributed by atoms with Gasteiger partial charge in [0.15, 0.2) is 0 Å². The molecule has 19 heavy (non-hydrogen) atoms. The zero-order valence-corrected chi connectivity index (χ0v) is 12.4. The predicted molar refractivity (Wildman–Crippen MR) is 79.6 cm³/mol. The van der Waals surface area contributed by atoms with Crippen molar-refractivity contribution < 1.29 is 4.42 Å². The Bertz CT molecular complexity index is 505. The van der Waals surface area contributed by atoms with Gasteiger partial charge < -0.3 is 9.73 Å². The molecule has 2 unspecified atom stereocenters. The van der Waals surface area contributed by atoms with Crippen molar-refractivity contribution in [2.24, 2.45) is 0 Å². The molecular formula is C16H21NOS. The highest BCUT2D eigenvalue weighted by molar-refractivity contribution is 7.12. The first kappa shape index (κ1) is 12.9. The van der Waals surface area contributed by atoms with Crippen LogP contribution in [0.2, 0.25) is 0 Å². The van der Waals surface area contributed by atoms with E-state index in [0.29, 0.717) is 6.04 Å². The van der Waals surface area contributed by atoms with Crippen LogP contribution in [0.4, 0.5) is 0 Å². The van der Waals surface area contributed by atoms with Crippen molar-refractivity contribution in [2.75, 3.05) is 0 Å². The van der Waals surface area contributed by atoms with Crippen LogP contribution in [0.15, 0.2) is 28.9 Å². The first-order valence-corrected chi connectivity index (χ1v) is 7.96. The zero-order valence-electron chi connectivity index (χ0n) is 11.6. The Morgan fingerprint density at radius 1 is 1.21 bits per heavy atom. The molecule has 0 aliphatic heterocycles. The Labute approximate surface area is 118 Å². The van der Waals surface area contributed by atoms with E-state index in [1.165, 1.54) is 30.6 Å². The molecule has 0 amide bonds. The second-order valence-corrected chi connectivity index (χ2v) is 6.60. The molecule has 0 aromatic carbocycles. The highest BCUT2D eigenvalue weighted by Crippen LogP contribution is 2.33. The molecule has 1 aliphatic carbocycles. The molecule has 3 heteroatoms. The van der Waals surface area contributed by atoms with Crippen molar-refractivity contribution in [1.82, 2.24) is 5.32 Å². The zero-order chi connectivity index (χ0) is 13.2. The minimum Gasteiger partial charge on any atom is -0.468 e. The van der Waals surface area contributed by atoms with E-state index in [2.05, 4.69) is 25.2 Å². The number of thiophene rings is 1. The molecule has 0 saturated heterocycles. The maximum absolute atomic E-state index is 5.45. The van der Waals surface area contributed by atoms with Crippen LogP contribution in [-0.4, -0.2) is 0 Å². The molecule has 1 N–H and O–H groups in total. The SMILES string of the molecule is CC(NC(C)c1cc2c(s1)CCCC2)c1ccco1. The van der Waals surface area contributed by atoms with Gasteiger partial charge in [0.05, 0.1) is 12.3 Å². The topological polar surface area (TPSA) is 25.2 Å². The first-order valence-electron chi connectivity index (χ1n) is 7.15. The maximum Gasteiger partial charge on any atom is 0.120 e. The van der Waals surface area contributed by atoms with Gasteiger partial charge in [0.1, 0.15) is 5.76 Å². The molecule has 0 radical (unpaired) electrons. The van der Waals surface area contributed by atoms with Crippen molar-refractivity contribution >= 4 is 11.3 Å². The Kier molecular flexibility index (Phi) is 3.76. The largest absolute Gasteiger partial charge is 0.468 e. The van der Waals surface area contributed by atoms with Crippen LogP contribution < -0.4 is 5.32 Å². The van der Waals surface area contributed by atoms with Gasteiger partial charge in [-0.05, 0) is 63.3 Å². The number of nitrogens with one attached hydrogen (secondary N) is 1. The lowest BCUT2D eigenvalue weighted by atomic mass is 9.99. The summed E-state index contributed by atoms with van der Waals surface area (Å²) in [5, 5.41) is 3.62. The van der Waals surface area contributed by atoms with Gasteiger partial charge >= 0.3 is 0 Å². The van der Waals surface area contributed by atoms with E-state index in [1.807, 2.05) is 23.5 Å². The minimum absolute atomic E-state index is 0.254. The summed E-state index contributed by atoms with van der Waals surface area (Å²) < 4.78 is 5.45. The lowest BCUT2D eigenvalue weighted by molar-refractivity contribution is 0.405. The van der Waals surface area contributed by atoms with Gasteiger partial charge in [-0.15, -0.1) is 11.3 Å². The number of aryl methyl sites for hydroxylation is 2. The summed E-state index contributed by atoms with van der Waals surface area (Å²) >= 11 is 1.99. The lowest BCUT2D eigenvalue weighted by Gasteiger charge is -2.17. The van der Waals surface area contributed by atoms with Gasteiger partial charge in [-0.25, -0.2) is 0 Å². The molecule has 0 fully saturated rings. The van der Waals surface area contributed by atoms with Crippen molar-refractivity contribution in [1.29, 1.82) is 0 Å². The average molecular weight is 275 g/mol. The molecule has 2 heterocycles. The van der Waals surface area contributed by atoms with Crippen LogP contribution in [0, 0.1) is 0 Å². The third-order valence-corrected chi connectivity index (χ3v) is 5.33. The predicted octanol–water partition coefficient (Wildman–Crippen LogP) is 4.63. The molecule has 2 nitrogen and oxygen atoms in total. The fourth-order valence-electron chi connectivity index (χ4n) is 2.80. The van der Waals surface area contributed by atoms with Crippen LogP contribution in [0.5, 0.6) is 0 Å². The van der Waals surface area contributed by atoms with Gasteiger partial charge in [-0.3, -0.25) is 0 Å². The number of fused-ring (bicyclic) bond motifs is 1. The highest BCUT2D eigenvalue weighted by atomic mass is 32.1. The molecular weight excluding hydrogens is 254 g/mol. The summed E-state index contributed by atoms with van der Waals surface area (Å²) in [5.41, 5.74) is 1.59. The van der Waals surface area contributed by atoms with Gasteiger partial charge in [0.2, 0.25) is 0 Å². The average Bonchev–Trinajstić information content (AvgIpc) is 3.07. The molecule has 2 aromatic rings. The van der Waals surface area contributed by atoms with E-state index in [1.54, 1.807) is 16.7 Å². The Morgan fingerprint density at radius 3 is 2.79 bits per heavy atom. The van der Waals surface area contributed by atoms with E-state index in [0.717, 1.165) is 5.76 Å². The summed E-state index contributed by atoms with van der Waals surface area (Å²) in [4.78, 5) is 3.07. The summed E-state index contributed by atoms with van der Waals surface area (Å²) in [6, 6.07) is 7.03. The minimum atomic E-state index is 0.254. The van der Waals surface area contributed by atoms with E-state index in [4.69, 9.17) is 4.42 Å². The van der Waals surface area contributed by atoms with Gasteiger partial charge in [-0.1, -0.05) is 0 Å². The number of hydrogen-bond donors (Lipinski definition) is 1. The summed E-state index contributed by atoms with van der Waals surface area (Å²) in [7, 11) is 0. The van der Waals surface area contributed by atoms with Crippen LogP contribution >= 0.6 is 11.3 Å². The Balaban J connectivity index is 1.70. The van der Waals surface area contributed by atoms with Crippen molar-refractivity contribution in [2.45, 2.75) is 51.6 Å². The summed E-state index contributed by atoms with van der Waals surface area (Å²) in [5.74, 6) is 1.01. The second kappa shape index (κ2) is 5.51. The van der Waals surface area contributed by atoms with Crippen molar-refractivity contribution in [3.8, 4) is 0 Å². The van der Waals surface area contributed by atoms with E-state index in [-0.39, 0.29) is 6.04 Å². The highest BCUT2D eigenvalue weighted by Gasteiger charge is 2.18. The summed E-state index contributed by atoms with van der Waals surface area (Å²) in [6.07, 6.45) is 7.00. The standard InChI is InChI=1S/C16H21NOS/c1-11(14-7-5-9-18-14)17-12(2)16-10-13-6-3-4-8-15(13)19-16/h5,7,9-12,17H,3-4,6,8H2,1-2H3. The summed E-state index contributed by atoms with van der Waals surface area (Å²) in [6.45, 7) is 4.40. The third-order valence-electron chi connectivity index (χ3n) is 3.91. The molecule has 3 rings (SSSR count). The number of rotatable bonds is 4. The van der Waals surface area contributed by atoms with Crippen LogP contribution in [0.25, 0.3) is 0 Å². The van der Waals surface area contributed by atoms with Crippen molar-refractivity contribution in [3.05, 3.63) is 45.5 Å². The fraction of sp³-hybridized carbons (Fsp3) is 0.500. The molecule has 0 bridgehead atoms. The fourth-order valence-corrected chi connectivity index (χ4v) is 4.07. The van der Waals surface area contributed by atoms with Crippen LogP contribution in [0.1, 0.15) is 59.9 Å². The van der Waals surface area contributed by atoms with Gasteiger partial charge in [0.25, 0.3) is 0 Å². The Morgan fingerprint density at radius 2 is 2.05 bits per heavy atom. The van der Waals surface area contributed by atoms with E-state index >= 15 is 0 Å². The number of furan rings is 1. The van der Waals surface area contributed by atoms with E-state index in [9.17, 15) is 0 Å². The third kappa shape index (κ3) is 2.77. The molecule has 0 spiro atoms. The van der Waals surface area contributed by atoms with Crippen molar-refractivity contribution in [3.63, 3.8) is 0 Å². The molecule has 2 atom stereocenters. The van der Waals surface area contributed by atoms with Crippen LogP contribution in [0.3, 0.4) is 0 Å². The van der Waals surface area contributed by atoms with Crippen LogP contribution in [-0.2, 0) is 12.8 Å². The Hall–Kier alpha value is -1.06. The van der Waals surface area contributed by atoms with E-state index < -0.39 is 0 Å². The maximum atomic E-state index is 5.45. The molecule has 0 saturated carbocycles. The molecule has 1 aliphatic rings. The molecule has 2 aromatic heterocycles. The molecule has 102 valence electrons. The smallest absolute Gasteiger partial charge is 0.120 e. The normalized spacial score (nSPS) is 18.0. The quantitative estimate of drug-likeness (QED) is 0.880. The first-order chi connectivity index (χ1) is 9.24. The lowest BCUT2D eigenvalue weighted by Crippen LogP contribution is -2.21.